The molecular formula is C24H15BrN2O. The number of ether oxygens (including phenoxy) is 1. The zero-order chi connectivity index (χ0) is 18.7. The van der Waals surface area contributed by atoms with Gasteiger partial charge in [-0.05, 0) is 60.7 Å². The van der Waals surface area contributed by atoms with Crippen LogP contribution >= 0.6 is 15.9 Å². The Kier molecular flexibility index (Phi) is 3.31. The van der Waals surface area contributed by atoms with E-state index in [2.05, 4.69) is 98.5 Å². The zero-order valence-electron chi connectivity index (χ0n) is 14.8. The van der Waals surface area contributed by atoms with Crippen molar-refractivity contribution in [2.45, 2.75) is 0 Å². The van der Waals surface area contributed by atoms with Gasteiger partial charge in [0.15, 0.2) is 11.5 Å². The largest absolute Gasteiger partial charge is 0.453 e. The standard InChI is InChI=1S/C24H15BrN2O/c25-16-12-14-17(15-13-16)26-18-6-1-2-7-19(18)27-20-8-3-4-10-22(20)28-23-11-5-9-21(26)24(23)27/h1-15H. The van der Waals surface area contributed by atoms with Gasteiger partial charge in [-0.1, -0.05) is 46.3 Å². The van der Waals surface area contributed by atoms with Gasteiger partial charge in [-0.2, -0.15) is 0 Å². The Hall–Kier alpha value is -3.24. The van der Waals surface area contributed by atoms with Gasteiger partial charge in [0, 0.05) is 10.2 Å². The Balaban J connectivity index is 1.68. The van der Waals surface area contributed by atoms with Crippen LogP contribution in [0.5, 0.6) is 11.5 Å². The van der Waals surface area contributed by atoms with Crippen molar-refractivity contribution < 1.29 is 4.74 Å². The van der Waals surface area contributed by atoms with E-state index in [4.69, 9.17) is 4.74 Å². The Bertz CT molecular complexity index is 1220. The van der Waals surface area contributed by atoms with Crippen molar-refractivity contribution in [1.29, 1.82) is 0 Å². The lowest BCUT2D eigenvalue weighted by atomic mass is 10.0. The van der Waals surface area contributed by atoms with Gasteiger partial charge in [0.25, 0.3) is 0 Å². The molecule has 4 aromatic rings. The first-order valence-electron chi connectivity index (χ1n) is 9.16. The van der Waals surface area contributed by atoms with Crippen LogP contribution in [0, 0.1) is 0 Å². The van der Waals surface area contributed by atoms with Crippen molar-refractivity contribution in [1.82, 2.24) is 0 Å². The average Bonchev–Trinajstić information content (AvgIpc) is 2.74. The molecule has 4 heteroatoms. The van der Waals surface area contributed by atoms with E-state index < -0.39 is 0 Å². The van der Waals surface area contributed by atoms with E-state index in [1.54, 1.807) is 0 Å². The molecule has 0 bridgehead atoms. The molecule has 2 aliphatic rings. The second-order valence-electron chi connectivity index (χ2n) is 6.83. The molecule has 0 saturated carbocycles. The highest BCUT2D eigenvalue weighted by Gasteiger charge is 2.36. The normalized spacial score (nSPS) is 13.3. The van der Waals surface area contributed by atoms with Crippen molar-refractivity contribution in [3.8, 4) is 11.5 Å². The molecule has 0 spiro atoms. The number of nitrogens with zero attached hydrogens (tertiary/aromatic N) is 2. The van der Waals surface area contributed by atoms with E-state index in [-0.39, 0.29) is 0 Å². The number of hydrogen-bond acceptors (Lipinski definition) is 3. The topological polar surface area (TPSA) is 15.7 Å². The minimum Gasteiger partial charge on any atom is -0.453 e. The Labute approximate surface area is 171 Å². The first-order chi connectivity index (χ1) is 13.8. The van der Waals surface area contributed by atoms with Crippen LogP contribution in [0.2, 0.25) is 0 Å². The molecule has 0 aromatic heterocycles. The van der Waals surface area contributed by atoms with Crippen LogP contribution in [-0.4, -0.2) is 0 Å². The lowest BCUT2D eigenvalue weighted by Crippen LogP contribution is -2.26. The Morgan fingerprint density at radius 1 is 0.536 bits per heavy atom. The third-order valence-electron chi connectivity index (χ3n) is 5.22. The van der Waals surface area contributed by atoms with Crippen LogP contribution in [0.4, 0.5) is 34.1 Å². The summed E-state index contributed by atoms with van der Waals surface area (Å²) in [5.74, 6) is 1.74. The first-order valence-corrected chi connectivity index (χ1v) is 9.95. The fourth-order valence-corrected chi connectivity index (χ4v) is 4.32. The number of halogens is 1. The molecule has 6 rings (SSSR count). The van der Waals surface area contributed by atoms with E-state index in [0.29, 0.717) is 0 Å². The fraction of sp³-hybridized carbons (Fsp3) is 0. The average molecular weight is 427 g/mol. The molecule has 28 heavy (non-hydrogen) atoms. The number of hydrogen-bond donors (Lipinski definition) is 0. The quantitative estimate of drug-likeness (QED) is 0.266. The summed E-state index contributed by atoms with van der Waals surface area (Å²) >= 11 is 3.55. The van der Waals surface area contributed by atoms with E-state index in [0.717, 1.165) is 50.1 Å². The van der Waals surface area contributed by atoms with Crippen molar-refractivity contribution in [2.24, 2.45) is 0 Å². The fourth-order valence-electron chi connectivity index (χ4n) is 4.06. The number of benzene rings is 4. The summed E-state index contributed by atoms with van der Waals surface area (Å²) in [7, 11) is 0. The predicted octanol–water partition coefficient (Wildman–Crippen LogP) is 7.81. The number of para-hydroxylation sites is 5. The molecular weight excluding hydrogens is 412 g/mol. The van der Waals surface area contributed by atoms with Gasteiger partial charge < -0.3 is 9.64 Å². The SMILES string of the molecule is Brc1ccc(N2c3ccccc3N3c4ccccc4Oc4cccc2c43)cc1. The van der Waals surface area contributed by atoms with Crippen LogP contribution in [0.25, 0.3) is 0 Å². The maximum atomic E-state index is 6.27. The summed E-state index contributed by atoms with van der Waals surface area (Å²) in [4.78, 5) is 4.61. The molecule has 134 valence electrons. The van der Waals surface area contributed by atoms with Gasteiger partial charge >= 0.3 is 0 Å². The van der Waals surface area contributed by atoms with Gasteiger partial charge in [0.2, 0.25) is 0 Å². The smallest absolute Gasteiger partial charge is 0.153 e. The van der Waals surface area contributed by atoms with Crippen LogP contribution in [-0.2, 0) is 0 Å². The third-order valence-corrected chi connectivity index (χ3v) is 5.75. The second-order valence-corrected chi connectivity index (χ2v) is 7.75. The molecule has 0 saturated heterocycles. The van der Waals surface area contributed by atoms with E-state index in [1.807, 2.05) is 18.2 Å². The molecule has 3 nitrogen and oxygen atoms in total. The Morgan fingerprint density at radius 2 is 1.14 bits per heavy atom. The monoisotopic (exact) mass is 426 g/mol. The maximum absolute atomic E-state index is 6.27. The summed E-state index contributed by atoms with van der Waals surface area (Å²) in [6, 6.07) is 31.4. The van der Waals surface area contributed by atoms with Gasteiger partial charge in [-0.15, -0.1) is 0 Å². The number of rotatable bonds is 1. The summed E-state index contributed by atoms with van der Waals surface area (Å²) in [5, 5.41) is 0. The van der Waals surface area contributed by atoms with E-state index in [9.17, 15) is 0 Å². The Morgan fingerprint density at radius 3 is 1.93 bits per heavy atom. The summed E-state index contributed by atoms with van der Waals surface area (Å²) < 4.78 is 7.33. The minimum absolute atomic E-state index is 0.868. The van der Waals surface area contributed by atoms with Crippen molar-refractivity contribution in [3.63, 3.8) is 0 Å². The highest BCUT2D eigenvalue weighted by molar-refractivity contribution is 9.10. The highest BCUT2D eigenvalue weighted by Crippen LogP contribution is 2.61. The number of anilines is 6. The second kappa shape index (κ2) is 5.88. The molecule has 2 heterocycles. The van der Waals surface area contributed by atoms with Crippen LogP contribution in [0.15, 0.2) is 95.5 Å². The van der Waals surface area contributed by atoms with Crippen LogP contribution in [0.1, 0.15) is 0 Å². The third kappa shape index (κ3) is 2.15. The minimum atomic E-state index is 0.868. The molecule has 2 aliphatic heterocycles. The van der Waals surface area contributed by atoms with Crippen LogP contribution < -0.4 is 14.5 Å². The summed E-state index contributed by atoms with van der Waals surface area (Å²) in [5.41, 5.74) is 6.64. The van der Waals surface area contributed by atoms with Gasteiger partial charge in [-0.25, -0.2) is 0 Å². The summed E-state index contributed by atoms with van der Waals surface area (Å²) in [6.07, 6.45) is 0. The summed E-state index contributed by atoms with van der Waals surface area (Å²) in [6.45, 7) is 0. The van der Waals surface area contributed by atoms with Crippen molar-refractivity contribution in [2.75, 3.05) is 9.80 Å². The number of fused-ring (bicyclic) bond motifs is 4. The van der Waals surface area contributed by atoms with Crippen molar-refractivity contribution in [3.05, 3.63) is 95.5 Å². The molecule has 0 amide bonds. The van der Waals surface area contributed by atoms with E-state index in [1.165, 1.54) is 0 Å². The lowest BCUT2D eigenvalue weighted by molar-refractivity contribution is 0.477. The lowest BCUT2D eigenvalue weighted by Gasteiger charge is -2.43. The molecule has 0 aliphatic carbocycles. The molecule has 0 unspecified atom stereocenters. The van der Waals surface area contributed by atoms with Gasteiger partial charge in [0.1, 0.15) is 5.69 Å². The van der Waals surface area contributed by atoms with Gasteiger partial charge in [0.05, 0.1) is 22.7 Å². The molecule has 4 aromatic carbocycles. The van der Waals surface area contributed by atoms with Gasteiger partial charge in [-0.3, -0.25) is 4.90 Å². The zero-order valence-corrected chi connectivity index (χ0v) is 16.4. The molecule has 0 N–H and O–H groups in total. The first kappa shape index (κ1) is 15.8. The van der Waals surface area contributed by atoms with Crippen LogP contribution in [0.3, 0.4) is 0 Å². The molecule has 0 fully saturated rings. The molecule has 0 atom stereocenters. The maximum Gasteiger partial charge on any atom is 0.153 e. The highest BCUT2D eigenvalue weighted by atomic mass is 79.9. The molecule has 0 radical (unpaired) electrons. The predicted molar refractivity (Wildman–Crippen MR) is 117 cm³/mol. The van der Waals surface area contributed by atoms with E-state index >= 15 is 0 Å². The van der Waals surface area contributed by atoms with Crippen molar-refractivity contribution >= 4 is 50.1 Å².